The van der Waals surface area contributed by atoms with E-state index in [4.69, 9.17) is 0 Å². The van der Waals surface area contributed by atoms with Crippen LogP contribution in [0.2, 0.25) is 0 Å². The SMILES string of the molecule is SCCCC1C2CCC1CC2. The third-order valence-corrected chi connectivity index (χ3v) is 4.04. The Kier molecular flexibility index (Phi) is 2.45. The number of thiol groups is 1. The highest BCUT2D eigenvalue weighted by Crippen LogP contribution is 2.51. The molecule has 0 N–H and O–H groups in total. The van der Waals surface area contributed by atoms with Crippen molar-refractivity contribution < 1.29 is 0 Å². The molecule has 64 valence electrons. The van der Waals surface area contributed by atoms with Gasteiger partial charge in [0.25, 0.3) is 0 Å². The second kappa shape index (κ2) is 3.38. The Morgan fingerprint density at radius 3 is 2.00 bits per heavy atom. The van der Waals surface area contributed by atoms with Crippen LogP contribution in [-0.2, 0) is 0 Å². The highest BCUT2D eigenvalue weighted by molar-refractivity contribution is 7.80. The predicted molar refractivity (Wildman–Crippen MR) is 52.0 cm³/mol. The van der Waals surface area contributed by atoms with Crippen LogP contribution in [0.3, 0.4) is 0 Å². The Labute approximate surface area is 75.2 Å². The zero-order chi connectivity index (χ0) is 7.68. The van der Waals surface area contributed by atoms with E-state index < -0.39 is 0 Å². The largest absolute Gasteiger partial charge is 0.179 e. The molecule has 2 aliphatic rings. The lowest BCUT2D eigenvalue weighted by Crippen LogP contribution is -2.05. The van der Waals surface area contributed by atoms with Crippen LogP contribution in [0.5, 0.6) is 0 Å². The summed E-state index contributed by atoms with van der Waals surface area (Å²) >= 11 is 4.27. The lowest BCUT2D eigenvalue weighted by atomic mass is 9.93. The van der Waals surface area contributed by atoms with Crippen molar-refractivity contribution in [2.24, 2.45) is 17.8 Å². The van der Waals surface area contributed by atoms with Crippen LogP contribution in [0.4, 0.5) is 0 Å². The first-order valence-electron chi connectivity index (χ1n) is 5.02. The van der Waals surface area contributed by atoms with Crippen LogP contribution in [-0.4, -0.2) is 5.75 Å². The molecule has 0 aromatic heterocycles. The van der Waals surface area contributed by atoms with Gasteiger partial charge in [-0.25, -0.2) is 0 Å². The fraction of sp³-hybridized carbons (Fsp3) is 1.00. The smallest absolute Gasteiger partial charge is 0.00978 e. The molecule has 0 amide bonds. The average molecular weight is 170 g/mol. The molecular formula is C10H18S. The summed E-state index contributed by atoms with van der Waals surface area (Å²) in [6, 6.07) is 0. The molecule has 0 radical (unpaired) electrons. The monoisotopic (exact) mass is 170 g/mol. The Morgan fingerprint density at radius 1 is 1.00 bits per heavy atom. The van der Waals surface area contributed by atoms with E-state index in [1.54, 1.807) is 25.7 Å². The number of rotatable bonds is 3. The summed E-state index contributed by atoms with van der Waals surface area (Å²) in [5.41, 5.74) is 0. The highest BCUT2D eigenvalue weighted by atomic mass is 32.1. The van der Waals surface area contributed by atoms with E-state index in [9.17, 15) is 0 Å². The van der Waals surface area contributed by atoms with Crippen molar-refractivity contribution in [2.75, 3.05) is 5.75 Å². The van der Waals surface area contributed by atoms with Crippen LogP contribution in [0.25, 0.3) is 0 Å². The second-order valence-electron chi connectivity index (χ2n) is 4.20. The third kappa shape index (κ3) is 1.44. The molecule has 2 aliphatic carbocycles. The molecule has 0 atom stereocenters. The maximum Gasteiger partial charge on any atom is -0.00978 e. The van der Waals surface area contributed by atoms with E-state index in [0.717, 1.165) is 23.5 Å². The number of hydrogen-bond acceptors (Lipinski definition) is 1. The lowest BCUT2D eigenvalue weighted by Gasteiger charge is -2.13. The predicted octanol–water partition coefficient (Wildman–Crippen LogP) is 3.13. The van der Waals surface area contributed by atoms with Gasteiger partial charge in [0.1, 0.15) is 0 Å². The molecule has 0 aromatic rings. The van der Waals surface area contributed by atoms with Crippen LogP contribution in [0.1, 0.15) is 38.5 Å². The van der Waals surface area contributed by atoms with Gasteiger partial charge in [-0.15, -0.1) is 0 Å². The Morgan fingerprint density at radius 2 is 1.55 bits per heavy atom. The fourth-order valence-electron chi connectivity index (χ4n) is 3.18. The summed E-state index contributed by atoms with van der Waals surface area (Å²) in [7, 11) is 0. The summed E-state index contributed by atoms with van der Waals surface area (Å²) in [5, 5.41) is 0. The molecule has 11 heavy (non-hydrogen) atoms. The standard InChI is InChI=1S/C10H18S/c11-7-1-2-10-8-3-4-9(10)6-5-8/h8-11H,1-7H2. The van der Waals surface area contributed by atoms with Gasteiger partial charge in [-0.05, 0) is 62.0 Å². The van der Waals surface area contributed by atoms with Gasteiger partial charge in [0.2, 0.25) is 0 Å². The quantitative estimate of drug-likeness (QED) is 0.618. The van der Waals surface area contributed by atoms with Crippen LogP contribution in [0.15, 0.2) is 0 Å². The van der Waals surface area contributed by atoms with Gasteiger partial charge in [0.05, 0.1) is 0 Å². The van der Waals surface area contributed by atoms with E-state index in [0.29, 0.717) is 0 Å². The molecule has 0 spiro atoms. The van der Waals surface area contributed by atoms with E-state index in [1.807, 2.05) is 0 Å². The van der Waals surface area contributed by atoms with E-state index >= 15 is 0 Å². The summed E-state index contributed by atoms with van der Waals surface area (Å²) in [5.74, 6) is 4.46. The molecule has 2 bridgehead atoms. The molecule has 2 saturated carbocycles. The summed E-state index contributed by atoms with van der Waals surface area (Å²) in [6.07, 6.45) is 8.99. The van der Waals surface area contributed by atoms with Crippen LogP contribution in [0, 0.1) is 17.8 Å². The lowest BCUT2D eigenvalue weighted by molar-refractivity contribution is 0.375. The summed E-state index contributed by atoms with van der Waals surface area (Å²) in [6.45, 7) is 0. The molecule has 0 unspecified atom stereocenters. The van der Waals surface area contributed by atoms with Gasteiger partial charge in [0.15, 0.2) is 0 Å². The van der Waals surface area contributed by atoms with E-state index in [2.05, 4.69) is 12.6 Å². The summed E-state index contributed by atoms with van der Waals surface area (Å²) in [4.78, 5) is 0. The molecule has 0 nitrogen and oxygen atoms in total. The first-order chi connectivity index (χ1) is 5.42. The first-order valence-corrected chi connectivity index (χ1v) is 5.66. The average Bonchev–Trinajstić information content (AvgIpc) is 2.59. The summed E-state index contributed by atoms with van der Waals surface area (Å²) < 4.78 is 0. The topological polar surface area (TPSA) is 0 Å². The fourth-order valence-corrected chi connectivity index (χ4v) is 3.37. The normalized spacial score (nSPS) is 41.7. The minimum Gasteiger partial charge on any atom is -0.179 e. The zero-order valence-electron chi connectivity index (χ0n) is 7.13. The van der Waals surface area contributed by atoms with Crippen LogP contribution >= 0.6 is 12.6 Å². The first kappa shape index (κ1) is 7.97. The van der Waals surface area contributed by atoms with Gasteiger partial charge in [-0.1, -0.05) is 0 Å². The van der Waals surface area contributed by atoms with Crippen molar-refractivity contribution >= 4 is 12.6 Å². The zero-order valence-corrected chi connectivity index (χ0v) is 8.02. The number of fused-ring (bicyclic) bond motifs is 2. The van der Waals surface area contributed by atoms with Crippen molar-refractivity contribution in [3.05, 3.63) is 0 Å². The molecule has 2 rings (SSSR count). The maximum absolute atomic E-state index is 4.27. The maximum atomic E-state index is 4.27. The van der Waals surface area contributed by atoms with E-state index in [1.165, 1.54) is 12.8 Å². The minimum atomic E-state index is 1.09. The molecule has 0 heterocycles. The highest BCUT2D eigenvalue weighted by Gasteiger charge is 2.40. The Balaban J connectivity index is 1.84. The Hall–Kier alpha value is 0.350. The van der Waals surface area contributed by atoms with E-state index in [-0.39, 0.29) is 0 Å². The number of hydrogen-bond donors (Lipinski definition) is 1. The second-order valence-corrected chi connectivity index (χ2v) is 4.65. The van der Waals surface area contributed by atoms with Gasteiger partial charge < -0.3 is 0 Å². The molecule has 0 aliphatic heterocycles. The van der Waals surface area contributed by atoms with Gasteiger partial charge in [0, 0.05) is 0 Å². The third-order valence-electron chi connectivity index (χ3n) is 3.72. The van der Waals surface area contributed by atoms with Crippen LogP contribution < -0.4 is 0 Å². The Bertz CT molecular complexity index is 113. The van der Waals surface area contributed by atoms with Crippen molar-refractivity contribution in [1.29, 1.82) is 0 Å². The van der Waals surface area contributed by atoms with Gasteiger partial charge >= 0.3 is 0 Å². The molecule has 0 aromatic carbocycles. The van der Waals surface area contributed by atoms with Crippen molar-refractivity contribution in [3.63, 3.8) is 0 Å². The molecule has 1 heteroatoms. The van der Waals surface area contributed by atoms with Gasteiger partial charge in [-0.2, -0.15) is 12.6 Å². The van der Waals surface area contributed by atoms with Crippen molar-refractivity contribution in [2.45, 2.75) is 38.5 Å². The van der Waals surface area contributed by atoms with Crippen molar-refractivity contribution in [3.8, 4) is 0 Å². The minimum absolute atomic E-state index is 1.09. The van der Waals surface area contributed by atoms with Gasteiger partial charge in [-0.3, -0.25) is 0 Å². The molecule has 0 saturated heterocycles. The van der Waals surface area contributed by atoms with Crippen molar-refractivity contribution in [1.82, 2.24) is 0 Å². The molecule has 2 fully saturated rings. The molecular weight excluding hydrogens is 152 g/mol.